The van der Waals surface area contributed by atoms with Gasteiger partial charge < -0.3 is 25.1 Å². The van der Waals surface area contributed by atoms with E-state index in [2.05, 4.69) is 13.8 Å². The van der Waals surface area contributed by atoms with Crippen LogP contribution in [-0.2, 0) is 0 Å². The van der Waals surface area contributed by atoms with Crippen molar-refractivity contribution in [3.05, 3.63) is 17.7 Å². The van der Waals surface area contributed by atoms with Crippen LogP contribution < -0.4 is 19.9 Å². The van der Waals surface area contributed by atoms with Gasteiger partial charge in [0.05, 0.1) is 26.9 Å². The second-order valence-corrected chi connectivity index (χ2v) is 5.18. The molecule has 0 aromatic heterocycles. The summed E-state index contributed by atoms with van der Waals surface area (Å²) in [6.45, 7) is 4.13. The van der Waals surface area contributed by atoms with Crippen LogP contribution in [0.15, 0.2) is 12.1 Å². The molecule has 0 radical (unpaired) electrons. The van der Waals surface area contributed by atoms with Gasteiger partial charge in [-0.2, -0.15) is 0 Å². The largest absolute Gasteiger partial charge is 0.496 e. The zero-order chi connectivity index (χ0) is 15.3. The van der Waals surface area contributed by atoms with Crippen LogP contribution in [0.2, 0.25) is 0 Å². The van der Waals surface area contributed by atoms with Crippen molar-refractivity contribution < 1.29 is 19.3 Å². The van der Waals surface area contributed by atoms with Crippen LogP contribution >= 0.6 is 0 Å². The van der Waals surface area contributed by atoms with Gasteiger partial charge in [-0.3, -0.25) is 0 Å². The van der Waals surface area contributed by atoms with Crippen LogP contribution in [0, 0.1) is 5.92 Å². The summed E-state index contributed by atoms with van der Waals surface area (Å²) >= 11 is 0. The SMILES string of the molecule is COc1cc(OC)c(C(O)C(N)CC(C)C)c(OC)c1. The van der Waals surface area contributed by atoms with E-state index in [0.717, 1.165) is 0 Å². The Morgan fingerprint density at radius 3 is 1.90 bits per heavy atom. The highest BCUT2D eigenvalue weighted by Gasteiger charge is 2.26. The lowest BCUT2D eigenvalue weighted by molar-refractivity contribution is 0.129. The van der Waals surface area contributed by atoms with Gasteiger partial charge in [0.15, 0.2) is 0 Å². The molecule has 5 heteroatoms. The minimum absolute atomic E-state index is 0.383. The minimum atomic E-state index is -0.854. The molecular formula is C15H25NO4. The van der Waals surface area contributed by atoms with Gasteiger partial charge in [-0.15, -0.1) is 0 Å². The number of hydrogen-bond donors (Lipinski definition) is 2. The van der Waals surface area contributed by atoms with Crippen molar-refractivity contribution in [2.24, 2.45) is 11.7 Å². The van der Waals surface area contributed by atoms with Gasteiger partial charge in [0.2, 0.25) is 0 Å². The van der Waals surface area contributed by atoms with Crippen molar-refractivity contribution in [2.45, 2.75) is 32.4 Å². The molecule has 0 aliphatic rings. The third kappa shape index (κ3) is 3.77. The molecule has 0 bridgehead atoms. The van der Waals surface area contributed by atoms with Gasteiger partial charge in [-0.1, -0.05) is 13.8 Å². The molecule has 0 heterocycles. The Morgan fingerprint density at radius 2 is 1.55 bits per heavy atom. The van der Waals surface area contributed by atoms with Gasteiger partial charge in [-0.25, -0.2) is 0 Å². The van der Waals surface area contributed by atoms with Gasteiger partial charge >= 0.3 is 0 Å². The highest BCUT2D eigenvalue weighted by atomic mass is 16.5. The summed E-state index contributed by atoms with van der Waals surface area (Å²) in [7, 11) is 4.64. The number of rotatable bonds is 7. The summed E-state index contributed by atoms with van der Waals surface area (Å²) in [5.41, 5.74) is 6.63. The fourth-order valence-corrected chi connectivity index (χ4v) is 2.21. The molecule has 1 rings (SSSR count). The number of aliphatic hydroxyl groups excluding tert-OH is 1. The maximum absolute atomic E-state index is 10.5. The molecule has 0 aliphatic heterocycles. The van der Waals surface area contributed by atoms with Crippen molar-refractivity contribution >= 4 is 0 Å². The number of aliphatic hydroxyl groups is 1. The van der Waals surface area contributed by atoms with E-state index < -0.39 is 6.10 Å². The van der Waals surface area contributed by atoms with Crippen LogP contribution in [0.3, 0.4) is 0 Å². The average Bonchev–Trinajstić information content (AvgIpc) is 2.43. The number of nitrogens with two attached hydrogens (primary N) is 1. The molecule has 0 saturated carbocycles. The molecule has 0 aliphatic carbocycles. The minimum Gasteiger partial charge on any atom is -0.496 e. The summed E-state index contributed by atoms with van der Waals surface area (Å²) in [6.07, 6.45) is -0.146. The van der Waals surface area contributed by atoms with E-state index in [9.17, 15) is 5.11 Å². The standard InChI is InChI=1S/C15H25NO4/c1-9(2)6-11(16)15(17)14-12(19-4)7-10(18-3)8-13(14)20-5/h7-9,11,15,17H,6,16H2,1-5H3. The number of benzene rings is 1. The van der Waals surface area contributed by atoms with E-state index in [4.69, 9.17) is 19.9 Å². The fraction of sp³-hybridized carbons (Fsp3) is 0.600. The van der Waals surface area contributed by atoms with Gasteiger partial charge in [0.25, 0.3) is 0 Å². The first kappa shape index (κ1) is 16.6. The summed E-state index contributed by atoms with van der Waals surface area (Å²) < 4.78 is 15.8. The van der Waals surface area contributed by atoms with Crippen molar-refractivity contribution in [1.29, 1.82) is 0 Å². The van der Waals surface area contributed by atoms with Crippen LogP contribution in [0.4, 0.5) is 0 Å². The zero-order valence-electron chi connectivity index (χ0n) is 12.8. The summed E-state index contributed by atoms with van der Waals surface area (Å²) in [5.74, 6) is 2.02. The van der Waals surface area contributed by atoms with E-state index in [-0.39, 0.29) is 6.04 Å². The lowest BCUT2D eigenvalue weighted by Gasteiger charge is -2.24. The first-order valence-electron chi connectivity index (χ1n) is 6.68. The number of hydrogen-bond acceptors (Lipinski definition) is 5. The maximum atomic E-state index is 10.5. The molecular weight excluding hydrogens is 258 g/mol. The van der Waals surface area contributed by atoms with Crippen LogP contribution in [-0.4, -0.2) is 32.5 Å². The predicted octanol–water partition coefficient (Wildman–Crippen LogP) is 2.12. The highest BCUT2D eigenvalue weighted by Crippen LogP contribution is 2.39. The number of methoxy groups -OCH3 is 3. The Morgan fingerprint density at radius 1 is 1.05 bits per heavy atom. The monoisotopic (exact) mass is 283 g/mol. The van der Waals surface area contributed by atoms with E-state index >= 15 is 0 Å². The molecule has 2 atom stereocenters. The maximum Gasteiger partial charge on any atom is 0.132 e. The Balaban J connectivity index is 3.20. The predicted molar refractivity (Wildman–Crippen MR) is 78.5 cm³/mol. The Hall–Kier alpha value is -1.46. The molecule has 20 heavy (non-hydrogen) atoms. The third-order valence-corrected chi connectivity index (χ3v) is 3.20. The summed E-state index contributed by atoms with van der Waals surface area (Å²) in [4.78, 5) is 0. The molecule has 0 fully saturated rings. The first-order chi connectivity index (χ1) is 9.44. The second-order valence-electron chi connectivity index (χ2n) is 5.18. The quantitative estimate of drug-likeness (QED) is 0.802. The van der Waals surface area contributed by atoms with E-state index in [1.54, 1.807) is 33.5 Å². The molecule has 0 spiro atoms. The molecule has 114 valence electrons. The topological polar surface area (TPSA) is 73.9 Å². The van der Waals surface area contributed by atoms with Crippen LogP contribution in [0.1, 0.15) is 31.9 Å². The molecule has 5 nitrogen and oxygen atoms in total. The van der Waals surface area contributed by atoms with Crippen molar-refractivity contribution in [3.8, 4) is 17.2 Å². The molecule has 1 aromatic carbocycles. The van der Waals surface area contributed by atoms with Gasteiger partial charge in [0, 0.05) is 18.2 Å². The van der Waals surface area contributed by atoms with Crippen molar-refractivity contribution in [1.82, 2.24) is 0 Å². The third-order valence-electron chi connectivity index (χ3n) is 3.20. The molecule has 3 N–H and O–H groups in total. The van der Waals surface area contributed by atoms with E-state index in [1.165, 1.54) is 0 Å². The van der Waals surface area contributed by atoms with Gasteiger partial charge in [0.1, 0.15) is 23.4 Å². The van der Waals surface area contributed by atoms with E-state index in [1.807, 2.05) is 0 Å². The smallest absolute Gasteiger partial charge is 0.132 e. The number of ether oxygens (including phenoxy) is 3. The normalized spacial score (nSPS) is 14.0. The Labute approximate surface area is 120 Å². The molecule has 0 amide bonds. The zero-order valence-corrected chi connectivity index (χ0v) is 12.8. The fourth-order valence-electron chi connectivity index (χ4n) is 2.21. The van der Waals surface area contributed by atoms with E-state index in [0.29, 0.717) is 35.2 Å². The van der Waals surface area contributed by atoms with Crippen LogP contribution in [0.25, 0.3) is 0 Å². The average molecular weight is 283 g/mol. The molecule has 1 aromatic rings. The Bertz CT molecular complexity index is 409. The van der Waals surface area contributed by atoms with Crippen molar-refractivity contribution in [3.63, 3.8) is 0 Å². The highest BCUT2D eigenvalue weighted by molar-refractivity contribution is 5.52. The summed E-state index contributed by atoms with van der Waals surface area (Å²) in [5, 5.41) is 10.5. The lowest BCUT2D eigenvalue weighted by Crippen LogP contribution is -2.30. The Kier molecular flexibility index (Phi) is 6.10. The molecule has 2 unspecified atom stereocenters. The lowest BCUT2D eigenvalue weighted by atomic mass is 9.94. The van der Waals surface area contributed by atoms with Crippen LogP contribution in [0.5, 0.6) is 17.2 Å². The van der Waals surface area contributed by atoms with Crippen molar-refractivity contribution in [2.75, 3.05) is 21.3 Å². The van der Waals surface area contributed by atoms with Gasteiger partial charge in [-0.05, 0) is 12.3 Å². The second kappa shape index (κ2) is 7.36. The summed E-state index contributed by atoms with van der Waals surface area (Å²) in [6, 6.07) is 3.04. The molecule has 0 saturated heterocycles. The first-order valence-corrected chi connectivity index (χ1v) is 6.68.